The van der Waals surface area contributed by atoms with Gasteiger partial charge in [-0.05, 0) is 130 Å². The maximum absolute atomic E-state index is 14.4. The molecule has 0 aliphatic heterocycles. The lowest BCUT2D eigenvalue weighted by Crippen LogP contribution is -2.52. The third-order valence-electron chi connectivity index (χ3n) is 11.5. The van der Waals surface area contributed by atoms with E-state index >= 15 is 0 Å². The molecule has 232 valence electrons. The van der Waals surface area contributed by atoms with Crippen LogP contribution in [0, 0.1) is 24.2 Å². The number of anilines is 1. The number of hydrogen-bond donors (Lipinski definition) is 1. The predicted octanol–water partition coefficient (Wildman–Crippen LogP) is 7.11. The molecule has 5 aliphatic rings. The molecule has 2 aromatic heterocycles. The molecule has 8 nitrogen and oxygen atoms in total. The number of methoxy groups -OCH3 is 1. The topological polar surface area (TPSA) is 97.5 Å². The number of hydrogen-bond acceptors (Lipinski definition) is 5. The molecule has 1 amide bonds. The van der Waals surface area contributed by atoms with E-state index < -0.39 is 5.97 Å². The lowest BCUT2D eigenvalue weighted by atomic mass is 9.51. The summed E-state index contributed by atoms with van der Waals surface area (Å²) in [6.45, 7) is 2.79. The van der Waals surface area contributed by atoms with Crippen LogP contribution in [0.5, 0.6) is 5.75 Å². The molecule has 5 fully saturated rings. The number of carbonyl (C=O) groups is 2. The Bertz CT molecular complexity index is 1530. The van der Waals surface area contributed by atoms with Crippen LogP contribution in [0.4, 0.5) is 5.82 Å². The Hall–Kier alpha value is -3.68. The van der Waals surface area contributed by atoms with Gasteiger partial charge in [0.15, 0.2) is 0 Å². The fourth-order valence-corrected chi connectivity index (χ4v) is 8.33. The number of ether oxygens (including phenoxy) is 1. The molecule has 0 unspecified atom stereocenters. The number of carboxylic acids is 1. The van der Waals surface area contributed by atoms with Crippen molar-refractivity contribution in [3.8, 4) is 16.9 Å². The summed E-state index contributed by atoms with van der Waals surface area (Å²) in [5.41, 5.74) is 4.93. The van der Waals surface area contributed by atoms with Crippen LogP contribution >= 0.6 is 0 Å². The Balaban J connectivity index is 1.14. The van der Waals surface area contributed by atoms with Crippen molar-refractivity contribution in [2.45, 2.75) is 95.4 Å². The number of rotatable bonds is 9. The van der Waals surface area contributed by atoms with Gasteiger partial charge in [0.2, 0.25) is 5.91 Å². The van der Waals surface area contributed by atoms with E-state index in [1.165, 1.54) is 24.0 Å². The Kier molecular flexibility index (Phi) is 7.50. The molecule has 8 heteroatoms. The minimum atomic E-state index is -0.743. The molecular formula is C36H44N4O4. The van der Waals surface area contributed by atoms with Crippen LogP contribution in [0.25, 0.3) is 11.1 Å². The first-order valence-electron chi connectivity index (χ1n) is 16.5. The summed E-state index contributed by atoms with van der Waals surface area (Å²) >= 11 is 0. The standard InChI is InChI=1S/C36H44N4O4/c1-24-19-29(7-10-31(24)44-2)36-15-12-35(13-16-36,14-17-36)23-39(33(41)25-3-5-26(6-4-25)34(42)43)32-20-27(11-18-37-32)28-21-38-40(22-28)30-8-9-30/h7,10-11,18-22,25-26,30H,3-6,8-9,12-17,23H2,1-2H3,(H,42,43)/t25-,26-,35?,36?. The summed E-state index contributed by atoms with van der Waals surface area (Å²) in [4.78, 5) is 32.7. The number of aryl methyl sites for hydroxylation is 1. The van der Waals surface area contributed by atoms with Gasteiger partial charge in [-0.2, -0.15) is 5.10 Å². The number of fused-ring (bicyclic) bond motifs is 3. The van der Waals surface area contributed by atoms with Gasteiger partial charge in [0.25, 0.3) is 0 Å². The van der Waals surface area contributed by atoms with Crippen LogP contribution in [0.2, 0.25) is 0 Å². The van der Waals surface area contributed by atoms with Gasteiger partial charge in [-0.15, -0.1) is 0 Å². The van der Waals surface area contributed by atoms with Crippen molar-refractivity contribution >= 4 is 17.7 Å². The van der Waals surface area contributed by atoms with Crippen LogP contribution in [0.3, 0.4) is 0 Å². The minimum absolute atomic E-state index is 0.0612. The minimum Gasteiger partial charge on any atom is -0.496 e. The van der Waals surface area contributed by atoms with E-state index in [9.17, 15) is 14.7 Å². The van der Waals surface area contributed by atoms with Crippen molar-refractivity contribution < 1.29 is 19.4 Å². The number of aliphatic carboxylic acids is 1. The predicted molar refractivity (Wildman–Crippen MR) is 169 cm³/mol. The third-order valence-corrected chi connectivity index (χ3v) is 11.5. The Labute approximate surface area is 259 Å². The fraction of sp³-hybridized carbons (Fsp3) is 0.556. The summed E-state index contributed by atoms with van der Waals surface area (Å²) in [5.74, 6) is 0.491. The lowest BCUT2D eigenvalue weighted by Gasteiger charge is -2.55. The molecule has 0 saturated heterocycles. The number of carbonyl (C=O) groups excluding carboxylic acids is 1. The average molecular weight is 597 g/mol. The van der Waals surface area contributed by atoms with E-state index in [2.05, 4.69) is 47.2 Å². The molecule has 2 heterocycles. The second kappa shape index (κ2) is 11.4. The maximum Gasteiger partial charge on any atom is 0.306 e. The highest BCUT2D eigenvalue weighted by Crippen LogP contribution is 2.58. The smallest absolute Gasteiger partial charge is 0.306 e. The van der Waals surface area contributed by atoms with Gasteiger partial charge in [-0.1, -0.05) is 12.1 Å². The first-order valence-corrected chi connectivity index (χ1v) is 16.5. The van der Waals surface area contributed by atoms with Gasteiger partial charge in [-0.3, -0.25) is 19.2 Å². The molecule has 8 rings (SSSR count). The van der Waals surface area contributed by atoms with Crippen LogP contribution < -0.4 is 9.64 Å². The second-order valence-corrected chi connectivity index (χ2v) is 14.1. The number of carboxylic acid groups (broad SMARTS) is 1. The summed E-state index contributed by atoms with van der Waals surface area (Å²) in [6, 6.07) is 11.3. The van der Waals surface area contributed by atoms with Gasteiger partial charge < -0.3 is 9.84 Å². The fourth-order valence-electron chi connectivity index (χ4n) is 8.33. The zero-order valence-electron chi connectivity index (χ0n) is 26.0. The van der Waals surface area contributed by atoms with E-state index in [-0.39, 0.29) is 28.6 Å². The van der Waals surface area contributed by atoms with E-state index in [1.54, 1.807) is 7.11 Å². The summed E-state index contributed by atoms with van der Waals surface area (Å²) < 4.78 is 7.58. The zero-order valence-corrected chi connectivity index (χ0v) is 26.0. The molecule has 0 radical (unpaired) electrons. The molecule has 0 atom stereocenters. The van der Waals surface area contributed by atoms with Crippen molar-refractivity contribution in [1.82, 2.24) is 14.8 Å². The van der Waals surface area contributed by atoms with Gasteiger partial charge in [0, 0.05) is 30.4 Å². The first kappa shape index (κ1) is 29.1. The van der Waals surface area contributed by atoms with Gasteiger partial charge in [-0.25, -0.2) is 4.98 Å². The lowest BCUT2D eigenvalue weighted by molar-refractivity contribution is -0.144. The number of aromatic nitrogens is 3. The summed E-state index contributed by atoms with van der Waals surface area (Å²) in [7, 11) is 1.73. The van der Waals surface area contributed by atoms with Crippen LogP contribution in [0.1, 0.15) is 94.2 Å². The quantitative estimate of drug-likeness (QED) is 0.283. The SMILES string of the molecule is COc1ccc(C23CCC(CN(c4cc(-c5cnn(C6CC6)c5)ccn4)C(=O)[C@H]4CC[C@H](C(=O)O)CC4)(CC2)CC3)cc1C. The largest absolute Gasteiger partial charge is 0.496 e. The Morgan fingerprint density at radius 2 is 1.66 bits per heavy atom. The molecule has 1 aromatic carbocycles. The van der Waals surface area contributed by atoms with Gasteiger partial charge >= 0.3 is 5.97 Å². The summed E-state index contributed by atoms with van der Waals surface area (Å²) in [5, 5.41) is 14.1. The highest BCUT2D eigenvalue weighted by atomic mass is 16.5. The van der Waals surface area contributed by atoms with Crippen molar-refractivity contribution in [2.75, 3.05) is 18.6 Å². The Morgan fingerprint density at radius 1 is 0.955 bits per heavy atom. The molecule has 44 heavy (non-hydrogen) atoms. The van der Waals surface area contributed by atoms with E-state index in [0.717, 1.165) is 55.4 Å². The molecule has 3 aromatic rings. The van der Waals surface area contributed by atoms with Crippen LogP contribution in [-0.4, -0.2) is 45.4 Å². The highest BCUT2D eigenvalue weighted by Gasteiger charge is 2.51. The van der Waals surface area contributed by atoms with E-state index in [0.29, 0.717) is 44.1 Å². The van der Waals surface area contributed by atoms with Gasteiger partial charge in [0.05, 0.1) is 25.3 Å². The van der Waals surface area contributed by atoms with Crippen molar-refractivity contribution in [1.29, 1.82) is 0 Å². The number of nitrogens with zero attached hydrogens (tertiary/aromatic N) is 4. The molecule has 0 spiro atoms. The van der Waals surface area contributed by atoms with Crippen molar-refractivity contribution in [3.05, 3.63) is 60.0 Å². The molecule has 2 bridgehead atoms. The molecule has 5 saturated carbocycles. The van der Waals surface area contributed by atoms with Crippen molar-refractivity contribution in [2.24, 2.45) is 17.3 Å². The monoisotopic (exact) mass is 596 g/mol. The maximum atomic E-state index is 14.4. The normalized spacial score (nSPS) is 28.0. The van der Waals surface area contributed by atoms with Crippen molar-refractivity contribution in [3.63, 3.8) is 0 Å². The van der Waals surface area contributed by atoms with Gasteiger partial charge in [0.1, 0.15) is 11.6 Å². The third kappa shape index (κ3) is 5.41. The van der Waals surface area contributed by atoms with E-state index in [1.807, 2.05) is 23.4 Å². The summed E-state index contributed by atoms with van der Waals surface area (Å²) in [6.07, 6.45) is 17.2. The van der Waals surface area contributed by atoms with Crippen LogP contribution in [0.15, 0.2) is 48.9 Å². The number of amides is 1. The number of pyridine rings is 1. The Morgan fingerprint density at radius 3 is 2.30 bits per heavy atom. The highest BCUT2D eigenvalue weighted by molar-refractivity contribution is 5.95. The van der Waals surface area contributed by atoms with E-state index in [4.69, 9.17) is 9.72 Å². The zero-order chi connectivity index (χ0) is 30.5. The molecule has 5 aliphatic carbocycles. The molecular weight excluding hydrogens is 552 g/mol. The molecule has 1 N–H and O–H groups in total. The number of benzene rings is 1. The average Bonchev–Trinajstić information content (AvgIpc) is 3.80. The second-order valence-electron chi connectivity index (χ2n) is 14.1. The first-order chi connectivity index (χ1) is 21.3. The van der Waals surface area contributed by atoms with Crippen LogP contribution in [-0.2, 0) is 15.0 Å².